The molecule has 1 aliphatic carbocycles. The van der Waals surface area contributed by atoms with E-state index in [2.05, 4.69) is 11.6 Å². The van der Waals surface area contributed by atoms with Gasteiger partial charge in [0.1, 0.15) is 0 Å². The van der Waals surface area contributed by atoms with E-state index in [9.17, 15) is 4.79 Å². The maximum Gasteiger partial charge on any atom is 0.236 e. The van der Waals surface area contributed by atoms with Crippen LogP contribution >= 0.6 is 11.8 Å². The van der Waals surface area contributed by atoms with E-state index in [-0.39, 0.29) is 5.91 Å². The minimum atomic E-state index is 0.237. The lowest BCUT2D eigenvalue weighted by Crippen LogP contribution is -2.46. The zero-order valence-electron chi connectivity index (χ0n) is 11.4. The van der Waals surface area contributed by atoms with Crippen molar-refractivity contribution in [3.63, 3.8) is 0 Å². The van der Waals surface area contributed by atoms with Gasteiger partial charge in [0.05, 0.1) is 6.54 Å². The van der Waals surface area contributed by atoms with Gasteiger partial charge in [-0.1, -0.05) is 12.8 Å². The third kappa shape index (κ3) is 4.51. The molecule has 0 radical (unpaired) electrons. The van der Waals surface area contributed by atoms with Gasteiger partial charge in [-0.2, -0.15) is 11.8 Å². The van der Waals surface area contributed by atoms with E-state index in [1.54, 1.807) is 0 Å². The molecular weight excluding hydrogens is 232 g/mol. The second-order valence-electron chi connectivity index (χ2n) is 4.61. The summed E-state index contributed by atoms with van der Waals surface area (Å²) in [6, 6.07) is 0.526. The quantitative estimate of drug-likeness (QED) is 0.792. The first kappa shape index (κ1) is 14.8. The zero-order valence-corrected chi connectivity index (χ0v) is 12.2. The van der Waals surface area contributed by atoms with Gasteiger partial charge in [-0.3, -0.25) is 4.79 Å². The number of thioether (sulfide) groups is 1. The van der Waals surface area contributed by atoms with Crippen molar-refractivity contribution in [2.24, 2.45) is 0 Å². The number of likely N-dealkylation sites (N-methyl/N-ethyl adjacent to an activating group) is 1. The highest BCUT2D eigenvalue weighted by atomic mass is 32.2. The van der Waals surface area contributed by atoms with E-state index in [0.717, 1.165) is 13.1 Å². The summed E-state index contributed by atoms with van der Waals surface area (Å²) in [7, 11) is 0. The van der Waals surface area contributed by atoms with Crippen LogP contribution < -0.4 is 5.32 Å². The number of hydrogen-bond acceptors (Lipinski definition) is 3. The SMILES string of the molecule is CCN(CC)C(=O)CNC1CCCCC1SC. The summed E-state index contributed by atoms with van der Waals surface area (Å²) in [5, 5.41) is 4.15. The van der Waals surface area contributed by atoms with Gasteiger partial charge in [-0.15, -0.1) is 0 Å². The van der Waals surface area contributed by atoms with Gasteiger partial charge in [0, 0.05) is 24.4 Å². The Morgan fingerprint density at radius 3 is 2.53 bits per heavy atom. The highest BCUT2D eigenvalue weighted by Gasteiger charge is 2.24. The van der Waals surface area contributed by atoms with Crippen LogP contribution in [-0.2, 0) is 4.79 Å². The average Bonchev–Trinajstić information content (AvgIpc) is 2.38. The Morgan fingerprint density at radius 1 is 1.29 bits per heavy atom. The van der Waals surface area contributed by atoms with Crippen LogP contribution in [0.2, 0.25) is 0 Å². The standard InChI is InChI=1S/C13H26N2OS/c1-4-15(5-2)13(16)10-14-11-8-6-7-9-12(11)17-3/h11-12,14H,4-10H2,1-3H3. The summed E-state index contributed by atoms with van der Waals surface area (Å²) in [4.78, 5) is 13.8. The molecule has 0 spiro atoms. The number of nitrogens with one attached hydrogen (secondary N) is 1. The Hall–Kier alpha value is -0.220. The molecule has 1 fully saturated rings. The Morgan fingerprint density at radius 2 is 1.94 bits per heavy atom. The molecule has 1 aliphatic rings. The van der Waals surface area contributed by atoms with Gasteiger partial charge in [0.25, 0.3) is 0 Å². The normalized spacial score (nSPS) is 24.6. The molecular formula is C13H26N2OS. The molecule has 4 heteroatoms. The van der Waals surface area contributed by atoms with Crippen LogP contribution in [0.25, 0.3) is 0 Å². The maximum absolute atomic E-state index is 11.9. The molecule has 17 heavy (non-hydrogen) atoms. The van der Waals surface area contributed by atoms with Crippen LogP contribution in [0.3, 0.4) is 0 Å². The van der Waals surface area contributed by atoms with E-state index < -0.39 is 0 Å². The van der Waals surface area contributed by atoms with Crippen LogP contribution in [0.5, 0.6) is 0 Å². The topological polar surface area (TPSA) is 32.3 Å². The summed E-state index contributed by atoms with van der Waals surface area (Å²) in [6.45, 7) is 6.20. The van der Waals surface area contributed by atoms with Crippen molar-refractivity contribution in [3.8, 4) is 0 Å². The molecule has 1 saturated carbocycles. The van der Waals surface area contributed by atoms with Gasteiger partial charge in [-0.25, -0.2) is 0 Å². The largest absolute Gasteiger partial charge is 0.342 e. The van der Waals surface area contributed by atoms with Crippen molar-refractivity contribution >= 4 is 17.7 Å². The van der Waals surface area contributed by atoms with Crippen LogP contribution in [-0.4, -0.2) is 48.0 Å². The average molecular weight is 258 g/mol. The van der Waals surface area contributed by atoms with Gasteiger partial charge < -0.3 is 10.2 Å². The van der Waals surface area contributed by atoms with Crippen molar-refractivity contribution in [2.75, 3.05) is 25.9 Å². The van der Waals surface area contributed by atoms with Crippen molar-refractivity contribution in [1.82, 2.24) is 10.2 Å². The van der Waals surface area contributed by atoms with Gasteiger partial charge in [-0.05, 0) is 32.9 Å². The first-order chi connectivity index (χ1) is 8.22. The molecule has 100 valence electrons. The third-order valence-electron chi connectivity index (χ3n) is 3.64. The van der Waals surface area contributed by atoms with Gasteiger partial charge in [0.2, 0.25) is 5.91 Å². The molecule has 2 unspecified atom stereocenters. The van der Waals surface area contributed by atoms with E-state index in [1.807, 2.05) is 30.5 Å². The summed E-state index contributed by atoms with van der Waals surface area (Å²) in [5.41, 5.74) is 0. The number of rotatable bonds is 6. The Bertz CT molecular complexity index is 231. The summed E-state index contributed by atoms with van der Waals surface area (Å²) in [5.74, 6) is 0.237. The zero-order chi connectivity index (χ0) is 12.7. The second-order valence-corrected chi connectivity index (χ2v) is 5.69. The highest BCUT2D eigenvalue weighted by molar-refractivity contribution is 7.99. The number of carbonyl (C=O) groups is 1. The molecule has 1 rings (SSSR count). The molecule has 0 aromatic rings. The molecule has 0 heterocycles. The van der Waals surface area contributed by atoms with Crippen molar-refractivity contribution in [2.45, 2.75) is 50.8 Å². The minimum absolute atomic E-state index is 0.237. The fourth-order valence-corrected chi connectivity index (χ4v) is 3.48. The first-order valence-corrected chi connectivity index (χ1v) is 8.05. The molecule has 0 aromatic carbocycles. The van der Waals surface area contributed by atoms with E-state index in [0.29, 0.717) is 17.8 Å². The monoisotopic (exact) mass is 258 g/mol. The smallest absolute Gasteiger partial charge is 0.236 e. The van der Waals surface area contributed by atoms with Crippen LogP contribution in [0.4, 0.5) is 0 Å². The molecule has 0 saturated heterocycles. The van der Waals surface area contributed by atoms with Gasteiger partial charge >= 0.3 is 0 Å². The molecule has 2 atom stereocenters. The molecule has 0 aromatic heterocycles. The van der Waals surface area contributed by atoms with Crippen LogP contribution in [0.15, 0.2) is 0 Å². The predicted octanol–water partition coefficient (Wildman–Crippen LogP) is 2.12. The Kier molecular flexibility index (Phi) is 6.97. The summed E-state index contributed by atoms with van der Waals surface area (Å²) >= 11 is 1.94. The number of nitrogens with zero attached hydrogens (tertiary/aromatic N) is 1. The van der Waals surface area contributed by atoms with E-state index in [4.69, 9.17) is 0 Å². The third-order valence-corrected chi connectivity index (χ3v) is 4.81. The number of carbonyl (C=O) groups excluding carboxylic acids is 1. The fourth-order valence-electron chi connectivity index (χ4n) is 2.52. The van der Waals surface area contributed by atoms with Gasteiger partial charge in [0.15, 0.2) is 0 Å². The number of amides is 1. The first-order valence-electron chi connectivity index (χ1n) is 6.76. The van der Waals surface area contributed by atoms with E-state index >= 15 is 0 Å². The maximum atomic E-state index is 11.9. The van der Waals surface area contributed by atoms with Crippen molar-refractivity contribution < 1.29 is 4.79 Å². The molecule has 0 aliphatic heterocycles. The molecule has 1 amide bonds. The molecule has 1 N–H and O–H groups in total. The van der Waals surface area contributed by atoms with Crippen LogP contribution in [0, 0.1) is 0 Å². The highest BCUT2D eigenvalue weighted by Crippen LogP contribution is 2.26. The molecule has 0 bridgehead atoms. The predicted molar refractivity (Wildman–Crippen MR) is 75.5 cm³/mol. The van der Waals surface area contributed by atoms with E-state index in [1.165, 1.54) is 25.7 Å². The van der Waals surface area contributed by atoms with Crippen LogP contribution in [0.1, 0.15) is 39.5 Å². The van der Waals surface area contributed by atoms with Crippen molar-refractivity contribution in [1.29, 1.82) is 0 Å². The second kappa shape index (κ2) is 7.98. The van der Waals surface area contributed by atoms with Crippen molar-refractivity contribution in [3.05, 3.63) is 0 Å². The lowest BCUT2D eigenvalue weighted by Gasteiger charge is -2.31. The fraction of sp³-hybridized carbons (Fsp3) is 0.923. The Balaban J connectivity index is 2.35. The Labute approximate surface area is 110 Å². The lowest BCUT2D eigenvalue weighted by molar-refractivity contribution is -0.130. The lowest BCUT2D eigenvalue weighted by atomic mass is 9.95. The molecule has 3 nitrogen and oxygen atoms in total. The number of hydrogen-bond donors (Lipinski definition) is 1. The summed E-state index contributed by atoms with van der Waals surface area (Å²) in [6.07, 6.45) is 7.33. The minimum Gasteiger partial charge on any atom is -0.342 e. The summed E-state index contributed by atoms with van der Waals surface area (Å²) < 4.78 is 0.